The van der Waals surface area contributed by atoms with Gasteiger partial charge in [-0.05, 0) is 30.7 Å². The van der Waals surface area contributed by atoms with E-state index in [1.54, 1.807) is 24.3 Å². The SMILES string of the molecule is CC(Oc1ccc(/C=C2\NC(=O)NC2=O)cc1)C(=O)O. The maximum absolute atomic E-state index is 11.3. The topological polar surface area (TPSA) is 105 Å². The lowest BCUT2D eigenvalue weighted by atomic mass is 10.2. The molecule has 7 heteroatoms. The fourth-order valence-corrected chi connectivity index (χ4v) is 1.55. The molecule has 1 saturated heterocycles. The molecular weight excluding hydrogens is 264 g/mol. The Morgan fingerprint density at radius 2 is 1.90 bits per heavy atom. The van der Waals surface area contributed by atoms with Crippen LogP contribution in [-0.2, 0) is 9.59 Å². The second-order valence-corrected chi connectivity index (χ2v) is 4.13. The molecule has 0 radical (unpaired) electrons. The largest absolute Gasteiger partial charge is 0.479 e. The van der Waals surface area contributed by atoms with E-state index in [-0.39, 0.29) is 5.70 Å². The molecule has 0 bridgehead atoms. The van der Waals surface area contributed by atoms with Crippen molar-refractivity contribution in [2.75, 3.05) is 0 Å². The van der Waals surface area contributed by atoms with Gasteiger partial charge in [-0.2, -0.15) is 0 Å². The van der Waals surface area contributed by atoms with Crippen molar-refractivity contribution in [2.45, 2.75) is 13.0 Å². The van der Waals surface area contributed by atoms with Crippen molar-refractivity contribution in [1.82, 2.24) is 10.6 Å². The van der Waals surface area contributed by atoms with Crippen molar-refractivity contribution in [1.29, 1.82) is 0 Å². The lowest BCUT2D eigenvalue weighted by Crippen LogP contribution is -2.22. The fourth-order valence-electron chi connectivity index (χ4n) is 1.55. The van der Waals surface area contributed by atoms with Crippen LogP contribution in [0.3, 0.4) is 0 Å². The van der Waals surface area contributed by atoms with Crippen molar-refractivity contribution in [2.24, 2.45) is 0 Å². The number of aliphatic carboxylic acids is 1. The van der Waals surface area contributed by atoms with E-state index in [1.807, 2.05) is 0 Å². The van der Waals surface area contributed by atoms with Crippen LogP contribution >= 0.6 is 0 Å². The predicted molar refractivity (Wildman–Crippen MR) is 68.8 cm³/mol. The summed E-state index contributed by atoms with van der Waals surface area (Å²) in [5.74, 6) is -1.14. The molecule has 0 aromatic heterocycles. The Bertz CT molecular complexity index is 591. The van der Waals surface area contributed by atoms with Crippen LogP contribution in [0, 0.1) is 0 Å². The standard InChI is InChI=1S/C13H12N2O5/c1-7(12(17)18)20-9-4-2-8(3-5-9)6-10-11(16)15-13(19)14-10/h2-7H,1H3,(H,17,18)(H2,14,15,16,19)/b10-6-. The number of carbonyl (C=O) groups is 3. The molecule has 1 aromatic rings. The highest BCUT2D eigenvalue weighted by Crippen LogP contribution is 2.16. The van der Waals surface area contributed by atoms with Gasteiger partial charge in [-0.25, -0.2) is 9.59 Å². The molecule has 1 unspecified atom stereocenters. The van der Waals surface area contributed by atoms with Crippen LogP contribution in [0.1, 0.15) is 12.5 Å². The summed E-state index contributed by atoms with van der Waals surface area (Å²) < 4.78 is 5.17. The minimum Gasteiger partial charge on any atom is -0.479 e. The number of hydrogen-bond donors (Lipinski definition) is 3. The van der Waals surface area contributed by atoms with Crippen molar-refractivity contribution >= 4 is 24.0 Å². The lowest BCUT2D eigenvalue weighted by molar-refractivity contribution is -0.144. The number of amides is 3. The Kier molecular flexibility index (Phi) is 3.69. The number of rotatable bonds is 4. The van der Waals surface area contributed by atoms with E-state index in [1.165, 1.54) is 13.0 Å². The van der Waals surface area contributed by atoms with Crippen LogP contribution in [0.2, 0.25) is 0 Å². The fraction of sp³-hybridized carbons (Fsp3) is 0.154. The third kappa shape index (κ3) is 3.14. The molecule has 0 saturated carbocycles. The molecule has 104 valence electrons. The van der Waals surface area contributed by atoms with E-state index in [0.717, 1.165) is 0 Å². The molecule has 0 spiro atoms. The molecule has 2 rings (SSSR count). The number of hydrogen-bond acceptors (Lipinski definition) is 4. The number of nitrogens with one attached hydrogen (secondary N) is 2. The monoisotopic (exact) mass is 276 g/mol. The molecule has 1 heterocycles. The summed E-state index contributed by atoms with van der Waals surface area (Å²) in [6.07, 6.45) is 0.559. The Morgan fingerprint density at radius 3 is 2.40 bits per heavy atom. The van der Waals surface area contributed by atoms with E-state index in [2.05, 4.69) is 10.6 Å². The van der Waals surface area contributed by atoms with E-state index < -0.39 is 24.0 Å². The minimum atomic E-state index is -1.05. The summed E-state index contributed by atoms with van der Waals surface area (Å²) in [7, 11) is 0. The quantitative estimate of drug-likeness (QED) is 0.555. The van der Waals surface area contributed by atoms with Gasteiger partial charge in [-0.15, -0.1) is 0 Å². The summed E-state index contributed by atoms with van der Waals surface area (Å²) in [5.41, 5.74) is 0.829. The summed E-state index contributed by atoms with van der Waals surface area (Å²) in [4.78, 5) is 32.9. The van der Waals surface area contributed by atoms with Gasteiger partial charge in [0.25, 0.3) is 5.91 Å². The third-order valence-electron chi connectivity index (χ3n) is 2.57. The van der Waals surface area contributed by atoms with Crippen LogP contribution in [0.25, 0.3) is 6.08 Å². The van der Waals surface area contributed by atoms with Gasteiger partial charge in [-0.1, -0.05) is 12.1 Å². The first kappa shape index (κ1) is 13.6. The van der Waals surface area contributed by atoms with Gasteiger partial charge >= 0.3 is 12.0 Å². The average molecular weight is 276 g/mol. The number of urea groups is 1. The van der Waals surface area contributed by atoms with Gasteiger partial charge in [0.2, 0.25) is 0 Å². The van der Waals surface area contributed by atoms with Crippen LogP contribution in [0.5, 0.6) is 5.75 Å². The van der Waals surface area contributed by atoms with Crippen molar-refractivity contribution < 1.29 is 24.2 Å². The number of benzene rings is 1. The van der Waals surface area contributed by atoms with Crippen LogP contribution in [-0.4, -0.2) is 29.1 Å². The number of carbonyl (C=O) groups excluding carboxylic acids is 2. The Labute approximate surface area is 114 Å². The van der Waals surface area contributed by atoms with Gasteiger partial charge in [0, 0.05) is 0 Å². The summed E-state index contributed by atoms with van der Waals surface area (Å²) in [6.45, 7) is 1.43. The summed E-state index contributed by atoms with van der Waals surface area (Å²) in [6, 6.07) is 5.90. The lowest BCUT2D eigenvalue weighted by Gasteiger charge is -2.10. The summed E-state index contributed by atoms with van der Waals surface area (Å²) >= 11 is 0. The maximum Gasteiger partial charge on any atom is 0.344 e. The zero-order chi connectivity index (χ0) is 14.7. The Balaban J connectivity index is 2.09. The van der Waals surface area contributed by atoms with Crippen LogP contribution in [0.4, 0.5) is 4.79 Å². The second kappa shape index (κ2) is 5.43. The maximum atomic E-state index is 11.3. The third-order valence-corrected chi connectivity index (χ3v) is 2.57. The molecule has 3 N–H and O–H groups in total. The zero-order valence-corrected chi connectivity index (χ0v) is 10.5. The van der Waals surface area contributed by atoms with Crippen molar-refractivity contribution in [3.63, 3.8) is 0 Å². The first-order valence-corrected chi connectivity index (χ1v) is 5.79. The molecule has 20 heavy (non-hydrogen) atoms. The zero-order valence-electron chi connectivity index (χ0n) is 10.5. The Morgan fingerprint density at radius 1 is 1.25 bits per heavy atom. The van der Waals surface area contributed by atoms with Crippen LogP contribution < -0.4 is 15.4 Å². The number of carboxylic acids is 1. The molecule has 0 aliphatic carbocycles. The van der Waals surface area contributed by atoms with Crippen LogP contribution in [0.15, 0.2) is 30.0 Å². The van der Waals surface area contributed by atoms with E-state index in [0.29, 0.717) is 11.3 Å². The number of carboxylic acid groups (broad SMARTS) is 1. The van der Waals surface area contributed by atoms with E-state index in [9.17, 15) is 14.4 Å². The van der Waals surface area contributed by atoms with E-state index in [4.69, 9.17) is 9.84 Å². The highest BCUT2D eigenvalue weighted by Gasteiger charge is 2.22. The second-order valence-electron chi connectivity index (χ2n) is 4.13. The molecule has 1 aromatic carbocycles. The normalized spacial score (nSPS) is 17.6. The van der Waals surface area contributed by atoms with E-state index >= 15 is 0 Å². The first-order valence-electron chi connectivity index (χ1n) is 5.79. The molecular formula is C13H12N2O5. The number of imide groups is 1. The van der Waals surface area contributed by atoms with Crippen molar-refractivity contribution in [3.05, 3.63) is 35.5 Å². The van der Waals surface area contributed by atoms with Gasteiger partial charge in [0.15, 0.2) is 6.10 Å². The van der Waals surface area contributed by atoms with Gasteiger partial charge in [0.1, 0.15) is 11.4 Å². The Hall–Kier alpha value is -2.83. The molecule has 7 nitrogen and oxygen atoms in total. The molecule has 3 amide bonds. The summed E-state index contributed by atoms with van der Waals surface area (Å²) in [5, 5.41) is 13.2. The predicted octanol–water partition coefficient (Wildman–Crippen LogP) is 0.719. The van der Waals surface area contributed by atoms with Gasteiger partial charge in [-0.3, -0.25) is 10.1 Å². The average Bonchev–Trinajstić information content (AvgIpc) is 2.70. The molecule has 1 aliphatic rings. The van der Waals surface area contributed by atoms with Gasteiger partial charge in [0.05, 0.1) is 0 Å². The first-order chi connectivity index (χ1) is 9.45. The molecule has 1 fully saturated rings. The smallest absolute Gasteiger partial charge is 0.344 e. The highest BCUT2D eigenvalue weighted by atomic mass is 16.5. The molecule has 1 aliphatic heterocycles. The van der Waals surface area contributed by atoms with Gasteiger partial charge < -0.3 is 15.2 Å². The highest BCUT2D eigenvalue weighted by molar-refractivity contribution is 6.13. The number of ether oxygens (including phenoxy) is 1. The minimum absolute atomic E-state index is 0.155. The molecule has 1 atom stereocenters. The van der Waals surface area contributed by atoms with Crippen molar-refractivity contribution in [3.8, 4) is 5.75 Å².